The SMILES string of the molecule is CC#CC(=O)N1CCN(c2ncnc3c(F)c(-c4cccc5ccc(F)c(Cl)c45)ncc23)CC1.CN(C)CC#CC(=O)N1CCN(c2ncnc3c(F)c(-c4cccc5ccc(F)c(Cl)c45)ncc23)CC1.[C-]#[N+]C[C@H]1CN(c2nc(C)nc3c(F)c(-c4cccc5ccc(F)c(Cl)c45)ncc23)CCN1C(=O)C=C.[C-]#[N+]C[C@H]1CN(c2ncnc3c(F)c(-c4cccc5ccc(F)c(Cl)c45)ncc23)CCN1C(=O)/C=C/C(C)F. The highest BCUT2D eigenvalue weighted by molar-refractivity contribution is 6.39. The lowest BCUT2D eigenvalue weighted by molar-refractivity contribution is -0.129. The summed E-state index contributed by atoms with van der Waals surface area (Å²) in [5.41, 5.74) is 1.78. The van der Waals surface area contributed by atoms with E-state index >= 15 is 17.6 Å². The smallest absolute Gasteiger partial charge is 0.298 e. The molecule has 0 radical (unpaired) electrons. The van der Waals surface area contributed by atoms with Crippen LogP contribution < -0.4 is 19.6 Å². The third kappa shape index (κ3) is 21.0. The van der Waals surface area contributed by atoms with E-state index in [4.69, 9.17) is 59.5 Å². The Morgan fingerprint density at radius 3 is 1.12 bits per heavy atom. The monoisotopic (exact) mass is 2070 g/mol. The Balaban J connectivity index is 0.000000134. The number of alkyl halides is 1. The zero-order valence-corrected chi connectivity index (χ0v) is 82.1. The summed E-state index contributed by atoms with van der Waals surface area (Å²) in [6.07, 6.45) is 12.2. The molecule has 12 heterocycles. The van der Waals surface area contributed by atoms with Gasteiger partial charge >= 0.3 is 0 Å². The molecule has 4 amide bonds. The first-order chi connectivity index (χ1) is 71.0. The Hall–Kier alpha value is -16.1. The van der Waals surface area contributed by atoms with Crippen molar-refractivity contribution >= 4 is 180 Å². The van der Waals surface area contributed by atoms with Gasteiger partial charge in [0, 0.05) is 166 Å². The number of benzene rings is 8. The Labute approximate surface area is 855 Å². The second-order valence-corrected chi connectivity index (χ2v) is 36.1. The highest BCUT2D eigenvalue weighted by Crippen LogP contribution is 2.45. The van der Waals surface area contributed by atoms with Crippen LogP contribution in [0.5, 0.6) is 0 Å². The van der Waals surface area contributed by atoms with E-state index in [1.54, 1.807) is 126 Å². The summed E-state index contributed by atoms with van der Waals surface area (Å²) in [4.78, 5) is 125. The molecule has 27 nitrogen and oxygen atoms in total. The van der Waals surface area contributed by atoms with Gasteiger partial charge in [-0.15, -0.1) is 0 Å². The summed E-state index contributed by atoms with van der Waals surface area (Å²) in [7, 11) is 3.78. The highest BCUT2D eigenvalue weighted by Gasteiger charge is 2.38. The van der Waals surface area contributed by atoms with Crippen molar-refractivity contribution in [2.24, 2.45) is 0 Å². The first kappa shape index (κ1) is 102. The van der Waals surface area contributed by atoms with Gasteiger partial charge in [-0.1, -0.05) is 162 Å². The van der Waals surface area contributed by atoms with E-state index < -0.39 is 58.8 Å². The number of hydrogen-bond acceptors (Lipinski definition) is 21. The topological polar surface area (TPSA) is 261 Å². The Morgan fingerprint density at radius 2 is 0.776 bits per heavy atom. The van der Waals surface area contributed by atoms with Gasteiger partial charge in [-0.3, -0.25) is 44.0 Å². The number of pyridine rings is 4. The van der Waals surface area contributed by atoms with Gasteiger partial charge in [-0.25, -0.2) is 92.5 Å². The molecular weight excluding hydrogens is 1980 g/mol. The fourth-order valence-electron chi connectivity index (χ4n) is 18.3. The van der Waals surface area contributed by atoms with Gasteiger partial charge in [0.2, 0.25) is 24.9 Å². The molecule has 4 aliphatic heterocycles. The number of allylic oxidation sites excluding steroid dienone is 1. The van der Waals surface area contributed by atoms with Gasteiger partial charge in [0.15, 0.2) is 23.3 Å². The molecule has 0 aliphatic carbocycles. The van der Waals surface area contributed by atoms with Crippen LogP contribution in [0.1, 0.15) is 19.7 Å². The number of carbonyl (C=O) groups excluding carboxylic acids is 4. The number of hydrogen-bond donors (Lipinski definition) is 0. The Kier molecular flexibility index (Phi) is 31.1. The minimum absolute atomic E-state index is 0.00179. The van der Waals surface area contributed by atoms with Crippen molar-refractivity contribution in [2.75, 3.05) is 145 Å². The van der Waals surface area contributed by atoms with Crippen molar-refractivity contribution in [3.05, 3.63) is 285 Å². The van der Waals surface area contributed by atoms with Gasteiger partial charge in [-0.2, -0.15) is 0 Å². The lowest BCUT2D eigenvalue weighted by atomic mass is 10.0. The molecule has 742 valence electrons. The zero-order valence-electron chi connectivity index (χ0n) is 79.1. The molecule has 4 saturated heterocycles. The number of aromatic nitrogens is 12. The second-order valence-electron chi connectivity index (χ2n) is 34.6. The fourth-order valence-corrected chi connectivity index (χ4v) is 19.4. The van der Waals surface area contributed by atoms with Crippen LogP contribution in [-0.2, 0) is 19.2 Å². The number of piperazine rings is 4. The van der Waals surface area contributed by atoms with Crippen LogP contribution in [0.4, 0.5) is 62.8 Å². The quantitative estimate of drug-likeness (QED) is 0.0424. The van der Waals surface area contributed by atoms with Crippen LogP contribution in [0.3, 0.4) is 0 Å². The third-order valence-electron chi connectivity index (χ3n) is 25.3. The van der Waals surface area contributed by atoms with Gasteiger partial charge < -0.3 is 48.9 Å². The average Bonchev–Trinajstić information content (AvgIpc) is 0.757. The molecule has 4 aliphatic rings. The zero-order chi connectivity index (χ0) is 104. The molecule has 0 spiro atoms. The molecule has 0 N–H and O–H groups in total. The number of nitrogens with zero attached hydrogens (tertiary/aromatic N) is 23. The Morgan fingerprint density at radius 1 is 0.442 bits per heavy atom. The minimum Gasteiger partial charge on any atom is -0.352 e. The van der Waals surface area contributed by atoms with Gasteiger partial charge in [0.05, 0.1) is 48.2 Å². The standard InChI is InChI=1S/C28H22ClF3N6O.C27H23ClF2N6O.C27H21ClF2N6O.C25H18ClF2N5O/c1-16(30)6-9-22(39)38-11-10-37(14-18(38)12-33-2)28-20-13-34-26(25(32)27(20)35-15-36-28)19-5-3-4-17-7-8-21(31)24(29)23(17)19;1-34(2)10-4-7-21(37)35-11-13-36(14-12-35)27-19-15-31-25(24(30)26(19)32-16-33-27)18-6-3-5-17-8-9-20(29)23(28)22(17)18;1-4-21(37)36-11-10-35(14-17(36)12-31-3)27-19-13-32-25(24(30)26(19)33-15(2)34-27)18-7-5-6-16-8-9-20(29)23(28)22(16)18;1-2-4-19(34)32-9-11-33(12-10-32)25-17-13-29-23(22(28)24(17)30-14-31-25)16-6-3-5-15-7-8-18(27)21(26)20(15)16/h3-9,13,15-16,18H,10-12,14H2,1H3;3,5-6,8-9,15-16H,10-14H2,1-2H3;4-9,13,17H,1,10-12,14H2,2H3;3,5-8,13-14H,9-12H2,1H3/b9-6+;;;/t16?,18-;;17-;/m0.0./s1. The summed E-state index contributed by atoms with van der Waals surface area (Å²) >= 11 is 25.0. The molecule has 147 heavy (non-hydrogen) atoms. The normalized spacial score (nSPS) is 15.0. The maximum absolute atomic E-state index is 16.0. The van der Waals surface area contributed by atoms with E-state index in [0.717, 1.165) is 0 Å². The first-order valence-corrected chi connectivity index (χ1v) is 47.5. The van der Waals surface area contributed by atoms with Crippen LogP contribution in [-0.4, -0.2) is 252 Å². The first-order valence-electron chi connectivity index (χ1n) is 46.0. The summed E-state index contributed by atoms with van der Waals surface area (Å²) in [5.74, 6) is 6.94. The number of carbonyl (C=O) groups is 4. The average molecular weight is 2070 g/mol. The van der Waals surface area contributed by atoms with Crippen molar-refractivity contribution in [2.45, 2.75) is 39.0 Å². The van der Waals surface area contributed by atoms with E-state index in [2.05, 4.69) is 99.8 Å². The number of fused-ring (bicyclic) bond motifs is 8. The van der Waals surface area contributed by atoms with E-state index in [1.807, 2.05) is 38.6 Å². The van der Waals surface area contributed by atoms with E-state index in [0.29, 0.717) is 201 Å². The van der Waals surface area contributed by atoms with Gasteiger partial charge in [0.25, 0.3) is 11.8 Å². The van der Waals surface area contributed by atoms with Gasteiger partial charge in [-0.05, 0) is 105 Å². The van der Waals surface area contributed by atoms with Gasteiger partial charge in [0.1, 0.15) is 134 Å². The lowest BCUT2D eigenvalue weighted by Crippen LogP contribution is -2.56. The van der Waals surface area contributed by atoms with Crippen molar-refractivity contribution in [1.29, 1.82) is 0 Å². The maximum Gasteiger partial charge on any atom is 0.298 e. The number of amides is 4. The molecule has 0 saturated carbocycles. The summed E-state index contributed by atoms with van der Waals surface area (Å²) < 4.78 is 134. The maximum atomic E-state index is 16.0. The van der Waals surface area contributed by atoms with Crippen LogP contribution in [0.25, 0.3) is 141 Å². The van der Waals surface area contributed by atoms with Crippen LogP contribution in [0.2, 0.25) is 20.1 Å². The minimum atomic E-state index is -1.27. The fraction of sp³-hybridized carbons (Fsp3) is 0.234. The van der Waals surface area contributed by atoms with Crippen molar-refractivity contribution in [3.8, 4) is 68.7 Å². The molecular formula is C107H84Cl4F9N23O4. The highest BCUT2D eigenvalue weighted by atomic mass is 35.5. The van der Waals surface area contributed by atoms with E-state index in [-0.39, 0.29) is 121 Å². The predicted octanol–water partition coefficient (Wildman–Crippen LogP) is 19.3. The number of rotatable bonds is 14. The third-order valence-corrected chi connectivity index (χ3v) is 26.8. The molecule has 16 aromatic rings. The lowest BCUT2D eigenvalue weighted by Gasteiger charge is -2.39. The molecule has 1 unspecified atom stereocenters. The molecule has 0 bridgehead atoms. The number of anilines is 4. The molecule has 8 aromatic carbocycles. The molecule has 40 heteroatoms. The molecule has 4 fully saturated rings. The van der Waals surface area contributed by atoms with Crippen LogP contribution in [0, 0.1) is 90.3 Å². The summed E-state index contributed by atoms with van der Waals surface area (Å²) in [5, 5.41) is 5.38. The molecule has 8 aromatic heterocycles. The van der Waals surface area contributed by atoms with E-state index in [1.165, 1.54) is 98.1 Å². The van der Waals surface area contributed by atoms with Crippen LogP contribution >= 0.6 is 46.4 Å². The summed E-state index contributed by atoms with van der Waals surface area (Å²) in [6.45, 7) is 29.5. The molecule has 20 rings (SSSR count). The largest absolute Gasteiger partial charge is 0.352 e. The van der Waals surface area contributed by atoms with Crippen molar-refractivity contribution in [3.63, 3.8) is 0 Å². The number of aryl methyl sites for hydroxylation is 1. The number of halogens is 13. The Bertz CT molecular complexity index is 8250. The second kappa shape index (κ2) is 44.6. The van der Waals surface area contributed by atoms with Crippen molar-refractivity contribution < 1.29 is 58.7 Å². The van der Waals surface area contributed by atoms with E-state index in [9.17, 15) is 41.1 Å². The summed E-state index contributed by atoms with van der Waals surface area (Å²) in [6, 6.07) is 31.2. The predicted molar refractivity (Wildman–Crippen MR) is 551 cm³/mol. The van der Waals surface area contributed by atoms with Crippen molar-refractivity contribution in [1.82, 2.24) is 84.3 Å². The van der Waals surface area contributed by atoms with Crippen LogP contribution in [0.15, 0.2) is 190 Å². The molecule has 3 atom stereocenters.